The van der Waals surface area contributed by atoms with E-state index in [9.17, 15) is 9.90 Å². The van der Waals surface area contributed by atoms with Crippen LogP contribution in [0.25, 0.3) is 0 Å². The van der Waals surface area contributed by atoms with E-state index in [2.05, 4.69) is 24.3 Å². The fourth-order valence-electron chi connectivity index (χ4n) is 4.48. The first-order valence-electron chi connectivity index (χ1n) is 8.00. The normalized spacial score (nSPS) is 30.1. The van der Waals surface area contributed by atoms with Crippen molar-refractivity contribution in [2.45, 2.75) is 45.1 Å². The molecule has 1 saturated carbocycles. The number of esters is 1. The van der Waals surface area contributed by atoms with Gasteiger partial charge < -0.3 is 9.84 Å². The van der Waals surface area contributed by atoms with Crippen molar-refractivity contribution >= 4 is 5.97 Å². The summed E-state index contributed by atoms with van der Waals surface area (Å²) in [6, 6.07) is 8.53. The second kappa shape index (κ2) is 5.45. The Hall–Kier alpha value is -1.35. The van der Waals surface area contributed by atoms with Crippen molar-refractivity contribution in [3.8, 4) is 0 Å². The second-order valence-electron chi connectivity index (χ2n) is 6.67. The van der Waals surface area contributed by atoms with E-state index in [-0.39, 0.29) is 5.92 Å². The molecule has 3 atom stereocenters. The first-order chi connectivity index (χ1) is 10.0. The molecule has 1 aromatic rings. The molecule has 0 aliphatic heterocycles. The van der Waals surface area contributed by atoms with Gasteiger partial charge in [-0.25, -0.2) is 4.79 Å². The van der Waals surface area contributed by atoms with Gasteiger partial charge in [0.25, 0.3) is 0 Å². The zero-order valence-electron chi connectivity index (χ0n) is 12.8. The molecular weight excluding hydrogens is 264 g/mol. The van der Waals surface area contributed by atoms with Gasteiger partial charge in [0.15, 0.2) is 5.60 Å². The maximum Gasteiger partial charge on any atom is 0.338 e. The van der Waals surface area contributed by atoms with Gasteiger partial charge in [0.05, 0.1) is 6.61 Å². The Kier molecular flexibility index (Phi) is 3.78. The molecule has 2 bridgehead atoms. The summed E-state index contributed by atoms with van der Waals surface area (Å²) in [5.41, 5.74) is 1.40. The number of aliphatic hydroxyl groups is 1. The maximum absolute atomic E-state index is 12.2. The number of carbonyl (C=O) groups is 1. The first-order valence-corrected chi connectivity index (χ1v) is 8.00. The summed E-state index contributed by atoms with van der Waals surface area (Å²) in [6.45, 7) is 3.75. The molecule has 3 heteroatoms. The molecule has 1 aromatic carbocycles. The Bertz CT molecular complexity index is 502. The molecule has 0 heterocycles. The summed E-state index contributed by atoms with van der Waals surface area (Å²) in [4.78, 5) is 12.2. The molecule has 1 fully saturated rings. The minimum atomic E-state index is -1.37. The summed E-state index contributed by atoms with van der Waals surface area (Å²) in [5.74, 6) is 0.290. The van der Waals surface area contributed by atoms with Crippen LogP contribution in [0.2, 0.25) is 0 Å². The van der Waals surface area contributed by atoms with Crippen molar-refractivity contribution in [3.63, 3.8) is 0 Å². The predicted octanol–water partition coefficient (Wildman–Crippen LogP) is 2.74. The number of carbonyl (C=O) groups excluding carboxylic acids is 1. The van der Waals surface area contributed by atoms with E-state index in [4.69, 9.17) is 4.74 Å². The van der Waals surface area contributed by atoms with Crippen molar-refractivity contribution in [3.05, 3.63) is 35.4 Å². The SMILES string of the molecule is CCOC(=O)C(C)(O)C1C2CCC1Cc1ccccc1C2. The van der Waals surface area contributed by atoms with E-state index in [1.165, 1.54) is 11.1 Å². The molecule has 0 saturated heterocycles. The van der Waals surface area contributed by atoms with Crippen LogP contribution in [-0.2, 0) is 22.4 Å². The molecular formula is C18H24O3. The number of fused-ring (bicyclic) bond motifs is 3. The molecule has 0 radical (unpaired) electrons. The van der Waals surface area contributed by atoms with Crippen molar-refractivity contribution in [1.29, 1.82) is 0 Å². The summed E-state index contributed by atoms with van der Waals surface area (Å²) < 4.78 is 5.11. The Labute approximate surface area is 126 Å². The highest BCUT2D eigenvalue weighted by Crippen LogP contribution is 2.49. The Morgan fingerprint density at radius 2 is 1.76 bits per heavy atom. The highest BCUT2D eigenvalue weighted by Gasteiger charge is 2.52. The Morgan fingerprint density at radius 1 is 1.24 bits per heavy atom. The second-order valence-corrected chi connectivity index (χ2v) is 6.67. The van der Waals surface area contributed by atoms with Gasteiger partial charge in [-0.05, 0) is 62.5 Å². The average molecular weight is 288 g/mol. The van der Waals surface area contributed by atoms with E-state index < -0.39 is 11.6 Å². The van der Waals surface area contributed by atoms with Gasteiger partial charge in [-0.15, -0.1) is 0 Å². The van der Waals surface area contributed by atoms with Crippen molar-refractivity contribution < 1.29 is 14.6 Å². The van der Waals surface area contributed by atoms with Gasteiger partial charge >= 0.3 is 5.97 Å². The highest BCUT2D eigenvalue weighted by atomic mass is 16.5. The zero-order valence-corrected chi connectivity index (χ0v) is 12.8. The highest BCUT2D eigenvalue weighted by molar-refractivity contribution is 5.79. The molecule has 2 aliphatic carbocycles. The summed E-state index contributed by atoms with van der Waals surface area (Å²) in [6.07, 6.45) is 4.12. The van der Waals surface area contributed by atoms with Crippen molar-refractivity contribution in [2.24, 2.45) is 17.8 Å². The van der Waals surface area contributed by atoms with Crippen LogP contribution in [0.15, 0.2) is 24.3 Å². The quantitative estimate of drug-likeness (QED) is 0.870. The average Bonchev–Trinajstić information content (AvgIpc) is 2.75. The summed E-state index contributed by atoms with van der Waals surface area (Å²) in [5, 5.41) is 10.8. The minimum Gasteiger partial charge on any atom is -0.464 e. The van der Waals surface area contributed by atoms with Crippen LogP contribution >= 0.6 is 0 Å². The topological polar surface area (TPSA) is 46.5 Å². The van der Waals surface area contributed by atoms with E-state index >= 15 is 0 Å². The third-order valence-corrected chi connectivity index (χ3v) is 5.34. The van der Waals surface area contributed by atoms with Gasteiger partial charge in [0.2, 0.25) is 0 Å². The Balaban J connectivity index is 1.90. The predicted molar refractivity (Wildman–Crippen MR) is 80.8 cm³/mol. The lowest BCUT2D eigenvalue weighted by atomic mass is 9.75. The molecule has 0 amide bonds. The lowest BCUT2D eigenvalue weighted by Crippen LogP contribution is -2.48. The van der Waals surface area contributed by atoms with Gasteiger partial charge in [0, 0.05) is 5.92 Å². The molecule has 114 valence electrons. The molecule has 0 aromatic heterocycles. The maximum atomic E-state index is 12.2. The standard InChI is InChI=1S/C18H24O3/c1-3-21-17(19)18(2,20)16-14-8-9-15(16)11-13-7-5-4-6-12(13)10-14/h4-7,14-16,20H,3,8-11H2,1-2H3. The molecule has 0 spiro atoms. The molecule has 21 heavy (non-hydrogen) atoms. The van der Waals surface area contributed by atoms with Gasteiger partial charge in [-0.3, -0.25) is 0 Å². The van der Waals surface area contributed by atoms with E-state index in [1.807, 2.05) is 0 Å². The third-order valence-electron chi connectivity index (χ3n) is 5.34. The lowest BCUT2D eigenvalue weighted by molar-refractivity contribution is -0.172. The lowest BCUT2D eigenvalue weighted by Gasteiger charge is -2.34. The summed E-state index contributed by atoms with van der Waals surface area (Å²) >= 11 is 0. The number of rotatable bonds is 3. The fraction of sp³-hybridized carbons (Fsp3) is 0.611. The van der Waals surface area contributed by atoms with Crippen LogP contribution in [0.4, 0.5) is 0 Å². The van der Waals surface area contributed by atoms with E-state index in [0.29, 0.717) is 18.4 Å². The monoisotopic (exact) mass is 288 g/mol. The van der Waals surface area contributed by atoms with Gasteiger partial charge in [0.1, 0.15) is 0 Å². The fourth-order valence-corrected chi connectivity index (χ4v) is 4.48. The van der Waals surface area contributed by atoms with Gasteiger partial charge in [-0.2, -0.15) is 0 Å². The van der Waals surface area contributed by atoms with Crippen molar-refractivity contribution in [2.75, 3.05) is 6.61 Å². The number of ether oxygens (including phenoxy) is 1. The van der Waals surface area contributed by atoms with E-state index in [1.54, 1.807) is 13.8 Å². The molecule has 2 aliphatic rings. The number of hydrogen-bond donors (Lipinski definition) is 1. The largest absolute Gasteiger partial charge is 0.464 e. The zero-order chi connectivity index (χ0) is 15.0. The molecule has 1 N–H and O–H groups in total. The smallest absolute Gasteiger partial charge is 0.338 e. The first kappa shape index (κ1) is 14.6. The molecule has 3 nitrogen and oxygen atoms in total. The molecule has 3 unspecified atom stereocenters. The van der Waals surface area contributed by atoms with Crippen LogP contribution < -0.4 is 0 Å². The number of hydrogen-bond acceptors (Lipinski definition) is 3. The van der Waals surface area contributed by atoms with Crippen LogP contribution in [0.5, 0.6) is 0 Å². The van der Waals surface area contributed by atoms with Gasteiger partial charge in [-0.1, -0.05) is 24.3 Å². The van der Waals surface area contributed by atoms with E-state index in [0.717, 1.165) is 25.7 Å². The summed E-state index contributed by atoms with van der Waals surface area (Å²) in [7, 11) is 0. The Morgan fingerprint density at radius 3 is 2.24 bits per heavy atom. The number of benzene rings is 1. The van der Waals surface area contributed by atoms with Crippen molar-refractivity contribution in [1.82, 2.24) is 0 Å². The van der Waals surface area contributed by atoms with Crippen LogP contribution in [-0.4, -0.2) is 23.3 Å². The molecule has 3 rings (SSSR count). The van der Waals surface area contributed by atoms with Crippen LogP contribution in [0.3, 0.4) is 0 Å². The minimum absolute atomic E-state index is 0.00366. The third kappa shape index (κ3) is 2.48. The van der Waals surface area contributed by atoms with Crippen LogP contribution in [0.1, 0.15) is 37.8 Å². The van der Waals surface area contributed by atoms with Crippen LogP contribution in [0, 0.1) is 17.8 Å².